The Morgan fingerprint density at radius 1 is 0.629 bits per heavy atom. The summed E-state index contributed by atoms with van der Waals surface area (Å²) >= 11 is 0. The third-order valence-corrected chi connectivity index (χ3v) is 7.53. The Labute approximate surface area is 219 Å². The fourth-order valence-corrected chi connectivity index (χ4v) is 5.35. The molecular formula is C31H57O3P. The summed E-state index contributed by atoms with van der Waals surface area (Å²) in [6.45, 7) is 9.69. The van der Waals surface area contributed by atoms with Crippen molar-refractivity contribution in [2.45, 2.75) is 155 Å². The molecule has 1 aromatic rings. The molecule has 3 nitrogen and oxygen atoms in total. The maximum absolute atomic E-state index is 8.66. The molecule has 0 amide bonds. The molecule has 0 saturated heterocycles. The predicted octanol–water partition coefficient (Wildman–Crippen LogP) is 10.1. The van der Waals surface area contributed by atoms with Crippen molar-refractivity contribution in [2.24, 2.45) is 0 Å². The summed E-state index contributed by atoms with van der Waals surface area (Å²) in [4.78, 5) is 17.3. The van der Waals surface area contributed by atoms with Crippen molar-refractivity contribution in [3.05, 3.63) is 34.9 Å². The molecule has 4 heteroatoms. The van der Waals surface area contributed by atoms with Crippen LogP contribution < -0.4 is 0 Å². The second kappa shape index (κ2) is 20.6. The van der Waals surface area contributed by atoms with Crippen molar-refractivity contribution < 1.29 is 14.3 Å². The number of hydrogen-bond donors (Lipinski definition) is 2. The normalized spacial score (nSPS) is 12.1. The molecule has 0 radical (unpaired) electrons. The second-order valence-corrected chi connectivity index (χ2v) is 12.4. The Balaban J connectivity index is 1.84. The van der Waals surface area contributed by atoms with E-state index in [1.165, 1.54) is 120 Å². The van der Waals surface area contributed by atoms with Crippen molar-refractivity contribution in [1.29, 1.82) is 0 Å². The largest absolute Gasteiger partial charge is 0.328 e. The van der Waals surface area contributed by atoms with Gasteiger partial charge in [-0.2, -0.15) is 0 Å². The predicted molar refractivity (Wildman–Crippen MR) is 154 cm³/mol. The van der Waals surface area contributed by atoms with E-state index in [1.54, 1.807) is 5.56 Å². The molecule has 35 heavy (non-hydrogen) atoms. The minimum atomic E-state index is -2.16. The van der Waals surface area contributed by atoms with E-state index >= 15 is 0 Å². The average Bonchev–Trinajstić information content (AvgIpc) is 2.79. The first-order valence-corrected chi connectivity index (χ1v) is 15.9. The van der Waals surface area contributed by atoms with Crippen LogP contribution in [0, 0.1) is 6.92 Å². The Morgan fingerprint density at radius 2 is 1.03 bits per heavy atom. The van der Waals surface area contributed by atoms with Gasteiger partial charge in [0, 0.05) is 0 Å². The Bertz CT molecular complexity index is 624. The molecule has 1 rings (SSSR count). The van der Waals surface area contributed by atoms with E-state index in [0.717, 1.165) is 12.8 Å². The van der Waals surface area contributed by atoms with Crippen LogP contribution in [0.5, 0.6) is 0 Å². The minimum absolute atomic E-state index is 0.244. The third-order valence-electron chi connectivity index (χ3n) is 7.12. The van der Waals surface area contributed by atoms with Gasteiger partial charge in [-0.25, -0.2) is 0 Å². The van der Waals surface area contributed by atoms with Gasteiger partial charge in [0.2, 0.25) is 0 Å². The van der Waals surface area contributed by atoms with Crippen LogP contribution in [0.4, 0.5) is 0 Å². The van der Waals surface area contributed by atoms with Crippen LogP contribution >= 0.6 is 8.60 Å². The van der Waals surface area contributed by atoms with Crippen molar-refractivity contribution in [3.8, 4) is 0 Å². The molecule has 1 aromatic carbocycles. The van der Waals surface area contributed by atoms with Gasteiger partial charge in [-0.05, 0) is 42.7 Å². The van der Waals surface area contributed by atoms with Crippen LogP contribution in [0.2, 0.25) is 0 Å². The van der Waals surface area contributed by atoms with E-state index in [0.29, 0.717) is 6.61 Å². The quantitative estimate of drug-likeness (QED) is 0.121. The highest BCUT2D eigenvalue weighted by molar-refractivity contribution is 7.39. The molecule has 0 aromatic heterocycles. The fourth-order valence-electron chi connectivity index (χ4n) is 5.05. The summed E-state index contributed by atoms with van der Waals surface area (Å²) in [6.07, 6.45) is 25.4. The van der Waals surface area contributed by atoms with Crippen LogP contribution in [0.15, 0.2) is 18.2 Å². The average molecular weight is 509 g/mol. The van der Waals surface area contributed by atoms with Crippen LogP contribution in [0.3, 0.4) is 0 Å². The summed E-state index contributed by atoms with van der Waals surface area (Å²) in [7, 11) is -2.16. The summed E-state index contributed by atoms with van der Waals surface area (Å²) in [5, 5.41) is 0. The number of rotatable bonds is 22. The standard InChI is InChI=1S/C31H57O3P/c1-28-24-25-30(31(2,3)4)29(27-28)23-21-19-17-15-13-11-9-7-5-6-8-10-12-14-16-18-20-22-26-34-35(32)33/h24-25,27,32-33H,5-23,26H2,1-4H3. The number of hydrogen-bond acceptors (Lipinski definition) is 3. The van der Waals surface area contributed by atoms with Crippen molar-refractivity contribution in [2.75, 3.05) is 6.61 Å². The smallest absolute Gasteiger partial charge is 0.327 e. The summed E-state index contributed by atoms with van der Waals surface area (Å²) < 4.78 is 4.78. The van der Waals surface area contributed by atoms with E-state index < -0.39 is 8.60 Å². The molecule has 0 saturated carbocycles. The van der Waals surface area contributed by atoms with Gasteiger partial charge in [0.05, 0.1) is 6.61 Å². The topological polar surface area (TPSA) is 49.7 Å². The second-order valence-electron chi connectivity index (χ2n) is 11.6. The SMILES string of the molecule is Cc1ccc(C(C)(C)C)c(CCCCCCCCCCCCCCCCCCCCOP(O)O)c1. The lowest BCUT2D eigenvalue weighted by molar-refractivity contribution is 0.248. The van der Waals surface area contributed by atoms with Gasteiger partial charge in [0.15, 0.2) is 0 Å². The van der Waals surface area contributed by atoms with Gasteiger partial charge in [0.25, 0.3) is 0 Å². The number of aryl methyl sites for hydroxylation is 2. The maximum atomic E-state index is 8.66. The molecule has 0 bridgehead atoms. The van der Waals surface area contributed by atoms with Crippen LogP contribution in [-0.2, 0) is 16.4 Å². The van der Waals surface area contributed by atoms with Crippen molar-refractivity contribution in [3.63, 3.8) is 0 Å². The Hall–Kier alpha value is -0.470. The maximum Gasteiger partial charge on any atom is 0.327 e. The van der Waals surface area contributed by atoms with E-state index in [9.17, 15) is 0 Å². The van der Waals surface area contributed by atoms with E-state index in [2.05, 4.69) is 45.9 Å². The lowest BCUT2D eigenvalue weighted by atomic mass is 9.82. The lowest BCUT2D eigenvalue weighted by Gasteiger charge is -2.23. The monoisotopic (exact) mass is 508 g/mol. The Morgan fingerprint density at radius 3 is 1.43 bits per heavy atom. The first kappa shape index (κ1) is 32.6. The van der Waals surface area contributed by atoms with E-state index in [4.69, 9.17) is 14.3 Å². The molecule has 0 unspecified atom stereocenters. The van der Waals surface area contributed by atoms with Gasteiger partial charge in [-0.1, -0.05) is 147 Å². The van der Waals surface area contributed by atoms with Crippen molar-refractivity contribution >= 4 is 8.60 Å². The lowest BCUT2D eigenvalue weighted by Crippen LogP contribution is -2.14. The summed E-state index contributed by atoms with van der Waals surface area (Å²) in [5.74, 6) is 0. The molecule has 0 aliphatic rings. The van der Waals surface area contributed by atoms with Crippen LogP contribution in [0.25, 0.3) is 0 Å². The molecule has 0 aliphatic carbocycles. The molecular weight excluding hydrogens is 451 g/mol. The highest BCUT2D eigenvalue weighted by Gasteiger charge is 2.17. The van der Waals surface area contributed by atoms with Gasteiger partial charge >= 0.3 is 8.60 Å². The van der Waals surface area contributed by atoms with Gasteiger partial charge in [0.1, 0.15) is 0 Å². The number of unbranched alkanes of at least 4 members (excludes halogenated alkanes) is 17. The molecule has 0 spiro atoms. The zero-order valence-corrected chi connectivity index (χ0v) is 24.5. The van der Waals surface area contributed by atoms with Crippen molar-refractivity contribution in [1.82, 2.24) is 0 Å². The first-order valence-electron chi connectivity index (χ1n) is 14.7. The van der Waals surface area contributed by atoms with Gasteiger partial charge in [-0.15, -0.1) is 0 Å². The minimum Gasteiger partial charge on any atom is -0.328 e. The summed E-state index contributed by atoms with van der Waals surface area (Å²) in [5.41, 5.74) is 4.74. The fraction of sp³-hybridized carbons (Fsp3) is 0.806. The zero-order chi connectivity index (χ0) is 25.8. The van der Waals surface area contributed by atoms with E-state index in [-0.39, 0.29) is 5.41 Å². The molecule has 0 atom stereocenters. The molecule has 0 aliphatic heterocycles. The van der Waals surface area contributed by atoms with Gasteiger partial charge in [-0.3, -0.25) is 0 Å². The van der Waals surface area contributed by atoms with Crippen LogP contribution in [0.1, 0.15) is 153 Å². The molecule has 2 N–H and O–H groups in total. The highest BCUT2D eigenvalue weighted by atomic mass is 31.2. The highest BCUT2D eigenvalue weighted by Crippen LogP contribution is 2.28. The molecule has 0 heterocycles. The Kier molecular flexibility index (Phi) is 19.1. The summed E-state index contributed by atoms with van der Waals surface area (Å²) in [6, 6.07) is 7.03. The first-order chi connectivity index (χ1) is 16.8. The van der Waals surface area contributed by atoms with Gasteiger partial charge < -0.3 is 14.3 Å². The van der Waals surface area contributed by atoms with E-state index in [1.807, 2.05) is 0 Å². The number of benzene rings is 1. The third kappa shape index (κ3) is 18.4. The molecule has 204 valence electrons. The molecule has 0 fully saturated rings. The van der Waals surface area contributed by atoms with Crippen LogP contribution in [-0.4, -0.2) is 16.4 Å². The zero-order valence-electron chi connectivity index (χ0n) is 23.6.